The number of anilines is 1. The summed E-state index contributed by atoms with van der Waals surface area (Å²) in [6.45, 7) is 5.55. The molecule has 4 aromatic rings. The Kier molecular flexibility index (Phi) is 7.04. The van der Waals surface area contributed by atoms with Gasteiger partial charge in [0.2, 0.25) is 5.91 Å². The molecule has 2 heterocycles. The zero-order valence-electron chi connectivity index (χ0n) is 20.4. The standard InChI is InChI=1S/C28H30N6O2/c1-2-22-7-3-4-8-24(22)29-27(35)20-32-15-17-33(18-16-32)28(36)23-13-11-21(12-14-23)19-34-26-10-6-5-9-25(26)30-31-34/h3-14H,2,15-20H2,1H3,(H,29,35). The van der Waals surface area contributed by atoms with Gasteiger partial charge in [0.1, 0.15) is 5.52 Å². The second-order valence-corrected chi connectivity index (χ2v) is 9.06. The van der Waals surface area contributed by atoms with Crippen LogP contribution in [0.1, 0.15) is 28.4 Å². The lowest BCUT2D eigenvalue weighted by Gasteiger charge is -2.34. The molecular weight excluding hydrogens is 452 g/mol. The summed E-state index contributed by atoms with van der Waals surface area (Å²) in [5.41, 5.74) is 5.58. The van der Waals surface area contributed by atoms with Gasteiger partial charge in [0.25, 0.3) is 5.91 Å². The second kappa shape index (κ2) is 10.7. The largest absolute Gasteiger partial charge is 0.336 e. The Balaban J connectivity index is 1.12. The third-order valence-corrected chi connectivity index (χ3v) is 6.65. The summed E-state index contributed by atoms with van der Waals surface area (Å²) in [4.78, 5) is 29.6. The lowest BCUT2D eigenvalue weighted by Crippen LogP contribution is -2.50. The molecule has 0 spiro atoms. The highest BCUT2D eigenvalue weighted by molar-refractivity contribution is 5.94. The van der Waals surface area contributed by atoms with Crippen molar-refractivity contribution in [2.24, 2.45) is 0 Å². The zero-order chi connectivity index (χ0) is 24.9. The van der Waals surface area contributed by atoms with Crippen LogP contribution in [0.3, 0.4) is 0 Å². The van der Waals surface area contributed by atoms with E-state index in [1.807, 2.05) is 82.4 Å². The van der Waals surface area contributed by atoms with Crippen molar-refractivity contribution in [1.29, 1.82) is 0 Å². The SMILES string of the molecule is CCc1ccccc1NC(=O)CN1CCN(C(=O)c2ccc(Cn3nnc4ccccc43)cc2)CC1. The Morgan fingerprint density at radius 3 is 2.39 bits per heavy atom. The molecule has 1 saturated heterocycles. The van der Waals surface area contributed by atoms with Crippen molar-refractivity contribution in [3.05, 3.63) is 89.5 Å². The van der Waals surface area contributed by atoms with Crippen LogP contribution in [0.4, 0.5) is 5.69 Å². The number of rotatable bonds is 7. The third-order valence-electron chi connectivity index (χ3n) is 6.65. The summed E-state index contributed by atoms with van der Waals surface area (Å²) in [6, 6.07) is 23.4. The van der Waals surface area contributed by atoms with Crippen LogP contribution in [-0.2, 0) is 17.8 Å². The highest BCUT2D eigenvalue weighted by atomic mass is 16.2. The summed E-state index contributed by atoms with van der Waals surface area (Å²) >= 11 is 0. The summed E-state index contributed by atoms with van der Waals surface area (Å²) in [5.74, 6) is 0.000145. The normalized spacial score (nSPS) is 14.2. The van der Waals surface area contributed by atoms with E-state index >= 15 is 0 Å². The van der Waals surface area contributed by atoms with Crippen LogP contribution in [0.15, 0.2) is 72.8 Å². The number of fused-ring (bicyclic) bond motifs is 1. The fourth-order valence-electron chi connectivity index (χ4n) is 4.59. The summed E-state index contributed by atoms with van der Waals surface area (Å²) < 4.78 is 1.86. The predicted octanol–water partition coefficient (Wildman–Crippen LogP) is 3.44. The van der Waals surface area contributed by atoms with E-state index in [0.29, 0.717) is 44.8 Å². The van der Waals surface area contributed by atoms with Gasteiger partial charge in [-0.1, -0.05) is 54.6 Å². The van der Waals surface area contributed by atoms with E-state index in [1.165, 1.54) is 0 Å². The number of carbonyl (C=O) groups is 2. The Hall–Kier alpha value is -4.04. The number of para-hydroxylation sites is 2. The van der Waals surface area contributed by atoms with Crippen LogP contribution in [0.25, 0.3) is 11.0 Å². The average Bonchev–Trinajstić information content (AvgIpc) is 3.32. The number of hydrogen-bond acceptors (Lipinski definition) is 5. The number of aryl methyl sites for hydroxylation is 1. The Morgan fingerprint density at radius 1 is 0.889 bits per heavy atom. The number of nitrogens with zero attached hydrogens (tertiary/aromatic N) is 5. The lowest BCUT2D eigenvalue weighted by molar-refractivity contribution is -0.117. The van der Waals surface area contributed by atoms with Crippen molar-refractivity contribution < 1.29 is 9.59 Å². The predicted molar refractivity (Wildman–Crippen MR) is 140 cm³/mol. The van der Waals surface area contributed by atoms with Crippen molar-refractivity contribution in [3.8, 4) is 0 Å². The van der Waals surface area contributed by atoms with Gasteiger partial charge in [-0.15, -0.1) is 5.10 Å². The number of amides is 2. The highest BCUT2D eigenvalue weighted by Crippen LogP contribution is 2.17. The number of aromatic nitrogens is 3. The first-order valence-electron chi connectivity index (χ1n) is 12.4. The quantitative estimate of drug-likeness (QED) is 0.436. The molecule has 0 bridgehead atoms. The molecule has 0 atom stereocenters. The molecule has 8 nitrogen and oxygen atoms in total. The minimum atomic E-state index is -0.0218. The number of carbonyl (C=O) groups excluding carboxylic acids is 2. The fourth-order valence-corrected chi connectivity index (χ4v) is 4.59. The van der Waals surface area contributed by atoms with Crippen LogP contribution in [-0.4, -0.2) is 69.3 Å². The van der Waals surface area contributed by atoms with Gasteiger partial charge in [0, 0.05) is 37.4 Å². The lowest BCUT2D eigenvalue weighted by atomic mass is 10.1. The number of benzene rings is 3. The molecule has 184 valence electrons. The van der Waals surface area contributed by atoms with E-state index in [-0.39, 0.29) is 11.8 Å². The van der Waals surface area contributed by atoms with Gasteiger partial charge in [-0.05, 0) is 47.9 Å². The van der Waals surface area contributed by atoms with Crippen molar-refractivity contribution in [1.82, 2.24) is 24.8 Å². The summed E-state index contributed by atoms with van der Waals surface area (Å²) in [6.07, 6.45) is 0.871. The molecule has 0 unspecified atom stereocenters. The van der Waals surface area contributed by atoms with Gasteiger partial charge in [0.15, 0.2) is 0 Å². The number of piperazine rings is 1. The van der Waals surface area contributed by atoms with Crippen LogP contribution < -0.4 is 5.32 Å². The van der Waals surface area contributed by atoms with E-state index in [9.17, 15) is 9.59 Å². The minimum absolute atomic E-state index is 0.0218. The molecule has 1 aliphatic rings. The maximum absolute atomic E-state index is 13.0. The van der Waals surface area contributed by atoms with E-state index in [1.54, 1.807) is 0 Å². The van der Waals surface area contributed by atoms with Crippen LogP contribution >= 0.6 is 0 Å². The monoisotopic (exact) mass is 482 g/mol. The molecule has 0 aliphatic carbocycles. The van der Waals surface area contributed by atoms with E-state index in [4.69, 9.17) is 0 Å². The highest BCUT2D eigenvalue weighted by Gasteiger charge is 2.23. The molecule has 3 aromatic carbocycles. The first-order valence-corrected chi connectivity index (χ1v) is 12.4. The van der Waals surface area contributed by atoms with Crippen molar-refractivity contribution in [3.63, 3.8) is 0 Å². The molecule has 8 heteroatoms. The topological polar surface area (TPSA) is 83.4 Å². The van der Waals surface area contributed by atoms with Crippen molar-refractivity contribution >= 4 is 28.5 Å². The maximum Gasteiger partial charge on any atom is 0.253 e. The fraction of sp³-hybridized carbons (Fsp3) is 0.286. The summed E-state index contributed by atoms with van der Waals surface area (Å²) in [7, 11) is 0. The molecule has 36 heavy (non-hydrogen) atoms. The first kappa shape index (κ1) is 23.7. The van der Waals surface area contributed by atoms with Crippen LogP contribution in [0, 0.1) is 0 Å². The molecule has 0 saturated carbocycles. The molecule has 2 amide bonds. The van der Waals surface area contributed by atoms with Gasteiger partial charge in [-0.3, -0.25) is 14.5 Å². The Morgan fingerprint density at radius 2 is 1.61 bits per heavy atom. The molecule has 1 fully saturated rings. The van der Waals surface area contributed by atoms with Gasteiger partial charge in [-0.2, -0.15) is 0 Å². The number of nitrogens with one attached hydrogen (secondary N) is 1. The maximum atomic E-state index is 13.0. The molecule has 1 aliphatic heterocycles. The van der Waals surface area contributed by atoms with Gasteiger partial charge in [-0.25, -0.2) is 4.68 Å². The molecule has 1 N–H and O–H groups in total. The third kappa shape index (κ3) is 5.28. The second-order valence-electron chi connectivity index (χ2n) is 9.06. The summed E-state index contributed by atoms with van der Waals surface area (Å²) in [5, 5.41) is 11.5. The Labute approximate surface area is 210 Å². The zero-order valence-corrected chi connectivity index (χ0v) is 20.4. The smallest absolute Gasteiger partial charge is 0.253 e. The molecule has 0 radical (unpaired) electrons. The molecule has 1 aromatic heterocycles. The van der Waals surface area contributed by atoms with Gasteiger partial charge < -0.3 is 10.2 Å². The van der Waals surface area contributed by atoms with Crippen molar-refractivity contribution in [2.45, 2.75) is 19.9 Å². The molecule has 5 rings (SSSR count). The van der Waals surface area contributed by atoms with E-state index in [2.05, 4.69) is 27.5 Å². The van der Waals surface area contributed by atoms with E-state index < -0.39 is 0 Å². The minimum Gasteiger partial charge on any atom is -0.336 e. The van der Waals surface area contributed by atoms with E-state index in [0.717, 1.165) is 34.3 Å². The molecular formula is C28H30N6O2. The van der Waals surface area contributed by atoms with Crippen LogP contribution in [0.5, 0.6) is 0 Å². The average molecular weight is 483 g/mol. The van der Waals surface area contributed by atoms with Crippen molar-refractivity contribution in [2.75, 3.05) is 38.0 Å². The first-order chi connectivity index (χ1) is 17.6. The van der Waals surface area contributed by atoms with Gasteiger partial charge in [0.05, 0.1) is 18.6 Å². The number of hydrogen-bond donors (Lipinski definition) is 1. The Bertz CT molecular complexity index is 1360. The van der Waals surface area contributed by atoms with Crippen LogP contribution in [0.2, 0.25) is 0 Å². The van der Waals surface area contributed by atoms with Gasteiger partial charge >= 0.3 is 0 Å².